The maximum Gasteiger partial charge on any atom is 0.254 e. The van der Waals surface area contributed by atoms with E-state index in [0.717, 1.165) is 16.8 Å². The van der Waals surface area contributed by atoms with E-state index in [-0.39, 0.29) is 17.9 Å². The van der Waals surface area contributed by atoms with Crippen molar-refractivity contribution in [2.45, 2.75) is 32.9 Å². The quantitative estimate of drug-likeness (QED) is 0.886. The van der Waals surface area contributed by atoms with Crippen molar-refractivity contribution in [1.29, 1.82) is 0 Å². The molecule has 1 aliphatic rings. The molecule has 0 saturated carbocycles. The number of hydrogen-bond donors (Lipinski definition) is 2. The van der Waals surface area contributed by atoms with Crippen LogP contribution < -0.4 is 10.6 Å². The van der Waals surface area contributed by atoms with Crippen molar-refractivity contribution in [2.75, 3.05) is 18.4 Å². The summed E-state index contributed by atoms with van der Waals surface area (Å²) in [5, 5.41) is 6.22. The van der Waals surface area contributed by atoms with Crippen LogP contribution in [0.15, 0.2) is 42.7 Å². The van der Waals surface area contributed by atoms with Crippen LogP contribution in [0.3, 0.4) is 0 Å². The molecule has 6 heteroatoms. The van der Waals surface area contributed by atoms with Gasteiger partial charge in [-0.05, 0) is 43.2 Å². The largest absolute Gasteiger partial charge is 0.381 e. The highest BCUT2D eigenvalue weighted by atomic mass is 16.2. The summed E-state index contributed by atoms with van der Waals surface area (Å²) in [4.78, 5) is 30.6. The van der Waals surface area contributed by atoms with E-state index in [1.165, 1.54) is 0 Å². The van der Waals surface area contributed by atoms with Crippen LogP contribution in [0.25, 0.3) is 0 Å². The van der Waals surface area contributed by atoms with Gasteiger partial charge < -0.3 is 15.5 Å². The molecule has 2 aromatic rings. The maximum atomic E-state index is 13.1. The van der Waals surface area contributed by atoms with E-state index < -0.39 is 0 Å². The van der Waals surface area contributed by atoms with Crippen molar-refractivity contribution in [3.63, 3.8) is 0 Å². The van der Waals surface area contributed by atoms with Gasteiger partial charge in [-0.15, -0.1) is 0 Å². The van der Waals surface area contributed by atoms with E-state index in [2.05, 4.69) is 15.6 Å². The minimum atomic E-state index is -0.0310. The molecule has 1 aromatic heterocycles. The molecule has 3 rings (SSSR count). The van der Waals surface area contributed by atoms with Gasteiger partial charge in [-0.2, -0.15) is 0 Å². The lowest BCUT2D eigenvalue weighted by atomic mass is 10.0. The van der Waals surface area contributed by atoms with Crippen LogP contribution in [0, 0.1) is 6.92 Å². The van der Waals surface area contributed by atoms with Gasteiger partial charge in [-0.25, -0.2) is 0 Å². The van der Waals surface area contributed by atoms with Gasteiger partial charge in [-0.3, -0.25) is 14.6 Å². The number of pyridine rings is 1. The van der Waals surface area contributed by atoms with Gasteiger partial charge in [0.2, 0.25) is 5.91 Å². The maximum absolute atomic E-state index is 13.1. The number of carbonyl (C=O) groups is 2. The number of benzene rings is 1. The Hall–Kier alpha value is -2.89. The van der Waals surface area contributed by atoms with E-state index in [0.29, 0.717) is 31.6 Å². The second-order valence-electron chi connectivity index (χ2n) is 6.59. The first kappa shape index (κ1) is 17.9. The zero-order valence-electron chi connectivity index (χ0n) is 15.2. The molecule has 0 spiro atoms. The van der Waals surface area contributed by atoms with Crippen molar-refractivity contribution < 1.29 is 9.59 Å². The molecule has 0 aliphatic carbocycles. The summed E-state index contributed by atoms with van der Waals surface area (Å²) in [5.74, 6) is -0.0349. The summed E-state index contributed by atoms with van der Waals surface area (Å²) >= 11 is 0. The standard InChI is InChI=1S/C20H24N4O2/c1-14-11-23-19(25)8-10-24(14)20(26)17-6-3-7-18(15(17)2)22-13-16-5-4-9-21-12-16/h3-7,9,12,14,22H,8,10-11,13H2,1-2H3,(H,23,25). The highest BCUT2D eigenvalue weighted by Gasteiger charge is 2.26. The Bertz CT molecular complexity index is 792. The lowest BCUT2D eigenvalue weighted by molar-refractivity contribution is -0.120. The number of anilines is 1. The fraction of sp³-hybridized carbons (Fsp3) is 0.350. The van der Waals surface area contributed by atoms with Gasteiger partial charge in [0, 0.05) is 55.7 Å². The first-order valence-corrected chi connectivity index (χ1v) is 8.86. The Morgan fingerprint density at radius 2 is 2.19 bits per heavy atom. The van der Waals surface area contributed by atoms with Crippen molar-refractivity contribution >= 4 is 17.5 Å². The third kappa shape index (κ3) is 4.02. The number of nitrogens with one attached hydrogen (secondary N) is 2. The average molecular weight is 352 g/mol. The van der Waals surface area contributed by atoms with Gasteiger partial charge >= 0.3 is 0 Å². The van der Waals surface area contributed by atoms with E-state index in [4.69, 9.17) is 0 Å². The molecule has 136 valence electrons. The van der Waals surface area contributed by atoms with Crippen LogP contribution in [-0.4, -0.2) is 40.8 Å². The fourth-order valence-electron chi connectivity index (χ4n) is 3.12. The Morgan fingerprint density at radius 3 is 2.96 bits per heavy atom. The second-order valence-corrected chi connectivity index (χ2v) is 6.59. The number of carbonyl (C=O) groups excluding carboxylic acids is 2. The highest BCUT2D eigenvalue weighted by molar-refractivity contribution is 5.97. The molecular formula is C20H24N4O2. The molecule has 0 radical (unpaired) electrons. The smallest absolute Gasteiger partial charge is 0.254 e. The average Bonchev–Trinajstić information content (AvgIpc) is 2.82. The first-order chi connectivity index (χ1) is 12.6. The van der Waals surface area contributed by atoms with Crippen molar-refractivity contribution in [3.05, 3.63) is 59.4 Å². The number of aromatic nitrogens is 1. The summed E-state index contributed by atoms with van der Waals surface area (Å²) in [6.07, 6.45) is 3.91. The summed E-state index contributed by atoms with van der Waals surface area (Å²) in [6, 6.07) is 9.59. The summed E-state index contributed by atoms with van der Waals surface area (Å²) < 4.78 is 0. The minimum absolute atomic E-state index is 0.00393. The monoisotopic (exact) mass is 352 g/mol. The SMILES string of the molecule is Cc1c(NCc2cccnc2)cccc1C(=O)N1CCC(=O)NCC1C. The van der Waals surface area contributed by atoms with Crippen LogP contribution in [0.4, 0.5) is 5.69 Å². The molecule has 6 nitrogen and oxygen atoms in total. The molecule has 1 atom stereocenters. The number of nitrogens with zero attached hydrogens (tertiary/aromatic N) is 2. The van der Waals surface area contributed by atoms with E-state index in [1.54, 1.807) is 11.1 Å². The van der Waals surface area contributed by atoms with E-state index >= 15 is 0 Å². The van der Waals surface area contributed by atoms with Crippen LogP contribution in [0.2, 0.25) is 0 Å². The van der Waals surface area contributed by atoms with Gasteiger partial charge in [0.15, 0.2) is 0 Å². The minimum Gasteiger partial charge on any atom is -0.381 e. The molecule has 2 N–H and O–H groups in total. The van der Waals surface area contributed by atoms with E-state index in [1.807, 2.05) is 50.4 Å². The predicted molar refractivity (Wildman–Crippen MR) is 101 cm³/mol. The van der Waals surface area contributed by atoms with Crippen LogP contribution in [-0.2, 0) is 11.3 Å². The third-order valence-corrected chi connectivity index (χ3v) is 4.74. The molecule has 1 unspecified atom stereocenters. The van der Waals surface area contributed by atoms with Crippen molar-refractivity contribution in [1.82, 2.24) is 15.2 Å². The fourth-order valence-corrected chi connectivity index (χ4v) is 3.12. The first-order valence-electron chi connectivity index (χ1n) is 8.86. The molecule has 26 heavy (non-hydrogen) atoms. The van der Waals surface area contributed by atoms with Crippen LogP contribution in [0.5, 0.6) is 0 Å². The topological polar surface area (TPSA) is 74.3 Å². The van der Waals surface area contributed by atoms with Gasteiger partial charge in [-0.1, -0.05) is 12.1 Å². The zero-order valence-corrected chi connectivity index (χ0v) is 15.2. The molecular weight excluding hydrogens is 328 g/mol. The lowest BCUT2D eigenvalue weighted by Crippen LogP contribution is -2.42. The molecule has 2 heterocycles. The van der Waals surface area contributed by atoms with Crippen LogP contribution >= 0.6 is 0 Å². The summed E-state index contributed by atoms with van der Waals surface area (Å²) in [7, 11) is 0. The predicted octanol–water partition coefficient (Wildman–Crippen LogP) is 2.35. The van der Waals surface area contributed by atoms with E-state index in [9.17, 15) is 9.59 Å². The Labute approximate surface area is 153 Å². The third-order valence-electron chi connectivity index (χ3n) is 4.74. The molecule has 1 fully saturated rings. The highest BCUT2D eigenvalue weighted by Crippen LogP contribution is 2.22. The number of amides is 2. The van der Waals surface area contributed by atoms with Gasteiger partial charge in [0.05, 0.1) is 0 Å². The molecule has 1 aromatic carbocycles. The number of rotatable bonds is 4. The Balaban J connectivity index is 1.77. The van der Waals surface area contributed by atoms with Gasteiger partial charge in [0.1, 0.15) is 0 Å². The van der Waals surface area contributed by atoms with Crippen LogP contribution in [0.1, 0.15) is 34.8 Å². The number of hydrogen-bond acceptors (Lipinski definition) is 4. The molecule has 1 aliphatic heterocycles. The second kappa shape index (κ2) is 7.99. The molecule has 0 bridgehead atoms. The molecule has 1 saturated heterocycles. The van der Waals surface area contributed by atoms with Gasteiger partial charge in [0.25, 0.3) is 5.91 Å². The molecule has 2 amide bonds. The van der Waals surface area contributed by atoms with Crippen molar-refractivity contribution in [2.24, 2.45) is 0 Å². The Kier molecular flexibility index (Phi) is 5.51. The normalized spacial score (nSPS) is 17.4. The van der Waals surface area contributed by atoms with Crippen molar-refractivity contribution in [3.8, 4) is 0 Å². The summed E-state index contributed by atoms with van der Waals surface area (Å²) in [5.41, 5.74) is 3.59. The Morgan fingerprint density at radius 1 is 1.35 bits per heavy atom. The summed E-state index contributed by atoms with van der Waals surface area (Å²) in [6.45, 7) is 5.49. The zero-order chi connectivity index (χ0) is 18.5. The lowest BCUT2D eigenvalue weighted by Gasteiger charge is -2.27.